The third-order valence-corrected chi connectivity index (χ3v) is 5.53. The van der Waals surface area contributed by atoms with Gasteiger partial charge in [0.25, 0.3) is 11.8 Å². The van der Waals surface area contributed by atoms with Crippen molar-refractivity contribution in [3.05, 3.63) is 81.1 Å². The van der Waals surface area contributed by atoms with Gasteiger partial charge in [-0.3, -0.25) is 9.59 Å². The van der Waals surface area contributed by atoms with Crippen LogP contribution in [0.1, 0.15) is 50.1 Å². The molecule has 30 heavy (non-hydrogen) atoms. The summed E-state index contributed by atoms with van der Waals surface area (Å²) in [5, 5.41) is 6.63. The Kier molecular flexibility index (Phi) is 6.95. The number of carbonyl (C=O) groups is 2. The normalized spacial score (nSPS) is 10.8. The zero-order valence-electron chi connectivity index (χ0n) is 17.2. The number of aryl methyl sites for hydroxylation is 1. The summed E-state index contributed by atoms with van der Waals surface area (Å²) in [5.74, 6) is -0.534. The van der Waals surface area contributed by atoms with Crippen LogP contribution < -0.4 is 10.6 Å². The summed E-state index contributed by atoms with van der Waals surface area (Å²) in [4.78, 5) is 30.0. The topological polar surface area (TPSA) is 71.1 Å². The van der Waals surface area contributed by atoms with Crippen LogP contribution in [0.2, 0.25) is 0 Å². The molecule has 0 radical (unpaired) electrons. The molecule has 2 N–H and O–H groups in total. The third kappa shape index (κ3) is 5.73. The lowest BCUT2D eigenvalue weighted by Crippen LogP contribution is -2.22. The second kappa shape index (κ2) is 9.63. The molecular formula is C23H24FN3O2S. The number of nitrogens with one attached hydrogen (secondary N) is 2. The number of carbonyl (C=O) groups excluding carboxylic acids is 2. The lowest BCUT2D eigenvalue weighted by atomic mass is 10.1. The number of anilines is 1. The van der Waals surface area contributed by atoms with Gasteiger partial charge in [-0.15, -0.1) is 11.3 Å². The molecule has 1 aromatic heterocycles. The molecule has 1 heterocycles. The Morgan fingerprint density at radius 1 is 1.10 bits per heavy atom. The second-order valence-corrected chi connectivity index (χ2v) is 8.55. The minimum absolute atomic E-state index is 0.158. The SMILES string of the molecule is Cc1nc(CC(C)C)sc1C(=O)NCc1cccc(NC(=O)c2cccc(F)c2)c1. The Bertz CT molecular complexity index is 1060. The molecule has 0 unspecified atom stereocenters. The highest BCUT2D eigenvalue weighted by Crippen LogP contribution is 2.21. The van der Waals surface area contributed by atoms with E-state index in [1.54, 1.807) is 24.3 Å². The van der Waals surface area contributed by atoms with Crippen LogP contribution in [0.3, 0.4) is 0 Å². The van der Waals surface area contributed by atoms with Gasteiger partial charge in [0.1, 0.15) is 10.7 Å². The van der Waals surface area contributed by atoms with Crippen molar-refractivity contribution in [2.24, 2.45) is 5.92 Å². The van der Waals surface area contributed by atoms with Gasteiger partial charge >= 0.3 is 0 Å². The highest BCUT2D eigenvalue weighted by molar-refractivity contribution is 7.13. The van der Waals surface area contributed by atoms with E-state index in [1.807, 2.05) is 13.0 Å². The number of thiazole rings is 1. The largest absolute Gasteiger partial charge is 0.347 e. The lowest BCUT2D eigenvalue weighted by molar-refractivity contribution is 0.0953. The predicted molar refractivity (Wildman–Crippen MR) is 117 cm³/mol. The quantitative estimate of drug-likeness (QED) is 0.561. The fourth-order valence-electron chi connectivity index (χ4n) is 2.95. The van der Waals surface area contributed by atoms with Crippen molar-refractivity contribution >= 4 is 28.8 Å². The van der Waals surface area contributed by atoms with E-state index in [4.69, 9.17) is 0 Å². The van der Waals surface area contributed by atoms with Crippen LogP contribution in [0.5, 0.6) is 0 Å². The fraction of sp³-hybridized carbons (Fsp3) is 0.261. The first-order valence-corrected chi connectivity index (χ1v) is 10.5. The molecule has 0 bridgehead atoms. The monoisotopic (exact) mass is 425 g/mol. The number of hydrogen-bond acceptors (Lipinski definition) is 4. The van der Waals surface area contributed by atoms with Gasteiger partial charge in [-0.1, -0.05) is 32.0 Å². The van der Waals surface area contributed by atoms with Crippen LogP contribution in [-0.2, 0) is 13.0 Å². The summed E-state index contributed by atoms with van der Waals surface area (Å²) < 4.78 is 13.3. The minimum Gasteiger partial charge on any atom is -0.347 e. The lowest BCUT2D eigenvalue weighted by Gasteiger charge is -2.09. The number of rotatable bonds is 7. The molecule has 156 valence electrons. The maximum absolute atomic E-state index is 13.3. The van der Waals surface area contributed by atoms with Crippen LogP contribution >= 0.6 is 11.3 Å². The van der Waals surface area contributed by atoms with Gasteiger partial charge < -0.3 is 10.6 Å². The van der Waals surface area contributed by atoms with Crippen molar-refractivity contribution < 1.29 is 14.0 Å². The first-order chi connectivity index (χ1) is 14.3. The minimum atomic E-state index is -0.464. The van der Waals surface area contributed by atoms with Gasteiger partial charge in [-0.05, 0) is 48.7 Å². The molecule has 0 saturated carbocycles. The molecule has 2 amide bonds. The standard InChI is InChI=1S/C23H24FN3O2S/c1-14(2)10-20-26-15(3)21(30-20)23(29)25-13-16-6-4-9-19(11-16)27-22(28)17-7-5-8-18(24)12-17/h4-9,11-12,14H,10,13H2,1-3H3,(H,25,29)(H,27,28). The van der Waals surface area contributed by atoms with E-state index < -0.39 is 11.7 Å². The molecule has 7 heteroatoms. The van der Waals surface area contributed by atoms with Crippen molar-refractivity contribution in [2.75, 3.05) is 5.32 Å². The highest BCUT2D eigenvalue weighted by atomic mass is 32.1. The first-order valence-electron chi connectivity index (χ1n) is 9.72. The number of aromatic nitrogens is 1. The second-order valence-electron chi connectivity index (χ2n) is 7.47. The van der Waals surface area contributed by atoms with E-state index >= 15 is 0 Å². The molecule has 0 aliphatic rings. The van der Waals surface area contributed by atoms with Crippen LogP contribution in [0, 0.1) is 18.7 Å². The summed E-state index contributed by atoms with van der Waals surface area (Å²) in [5.41, 5.74) is 2.39. The number of hydrogen-bond donors (Lipinski definition) is 2. The summed E-state index contributed by atoms with van der Waals surface area (Å²) in [7, 11) is 0. The molecule has 3 aromatic rings. The summed E-state index contributed by atoms with van der Waals surface area (Å²) >= 11 is 1.43. The molecule has 0 aliphatic carbocycles. The zero-order chi connectivity index (χ0) is 21.7. The van der Waals surface area contributed by atoms with Gasteiger partial charge in [0.05, 0.1) is 10.7 Å². The van der Waals surface area contributed by atoms with Gasteiger partial charge in [0, 0.05) is 24.2 Å². The van der Waals surface area contributed by atoms with Gasteiger partial charge in [-0.25, -0.2) is 9.37 Å². The van der Waals surface area contributed by atoms with Crippen LogP contribution in [0.15, 0.2) is 48.5 Å². The van der Waals surface area contributed by atoms with E-state index in [2.05, 4.69) is 29.5 Å². The van der Waals surface area contributed by atoms with E-state index in [-0.39, 0.29) is 11.5 Å². The zero-order valence-corrected chi connectivity index (χ0v) is 18.0. The number of halogens is 1. The van der Waals surface area contributed by atoms with Crippen LogP contribution in [0.4, 0.5) is 10.1 Å². The Morgan fingerprint density at radius 3 is 2.60 bits per heavy atom. The molecular weight excluding hydrogens is 401 g/mol. The molecule has 0 aliphatic heterocycles. The van der Waals surface area contributed by atoms with Gasteiger partial charge in [0.15, 0.2) is 0 Å². The van der Waals surface area contributed by atoms with E-state index in [9.17, 15) is 14.0 Å². The number of amides is 2. The predicted octanol–water partition coefficient (Wildman–Crippen LogP) is 4.97. The summed E-state index contributed by atoms with van der Waals surface area (Å²) in [6, 6.07) is 12.7. The highest BCUT2D eigenvalue weighted by Gasteiger charge is 2.16. The number of nitrogens with zero attached hydrogens (tertiary/aromatic N) is 1. The molecule has 0 fully saturated rings. The van der Waals surface area contributed by atoms with Gasteiger partial charge in [-0.2, -0.15) is 0 Å². The van der Waals surface area contributed by atoms with Crippen LogP contribution in [0.25, 0.3) is 0 Å². The van der Waals surface area contributed by atoms with Crippen LogP contribution in [-0.4, -0.2) is 16.8 Å². The summed E-state index contributed by atoms with van der Waals surface area (Å²) in [6.45, 7) is 6.41. The Labute approximate surface area is 179 Å². The van der Waals surface area contributed by atoms with E-state index in [0.717, 1.165) is 22.7 Å². The molecule has 2 aromatic carbocycles. The Morgan fingerprint density at radius 2 is 1.87 bits per heavy atom. The first kappa shape index (κ1) is 21.6. The smallest absolute Gasteiger partial charge is 0.263 e. The average Bonchev–Trinajstić information content (AvgIpc) is 3.05. The Hall–Kier alpha value is -3.06. The third-order valence-electron chi connectivity index (χ3n) is 4.35. The molecule has 0 saturated heterocycles. The maximum Gasteiger partial charge on any atom is 0.263 e. The molecule has 5 nitrogen and oxygen atoms in total. The molecule has 0 spiro atoms. The molecule has 3 rings (SSSR count). The van der Waals surface area contributed by atoms with E-state index in [0.29, 0.717) is 23.0 Å². The van der Waals surface area contributed by atoms with Gasteiger partial charge in [0.2, 0.25) is 0 Å². The fourth-order valence-corrected chi connectivity index (χ4v) is 4.15. The van der Waals surface area contributed by atoms with Crippen molar-refractivity contribution in [3.8, 4) is 0 Å². The average molecular weight is 426 g/mol. The number of benzene rings is 2. The molecule has 0 atom stereocenters. The van der Waals surface area contributed by atoms with Crippen molar-refractivity contribution in [2.45, 2.75) is 33.7 Å². The van der Waals surface area contributed by atoms with Crippen molar-refractivity contribution in [1.29, 1.82) is 0 Å². The van der Waals surface area contributed by atoms with E-state index in [1.165, 1.54) is 29.5 Å². The van der Waals surface area contributed by atoms with Crippen molar-refractivity contribution in [1.82, 2.24) is 10.3 Å². The maximum atomic E-state index is 13.3. The Balaban J connectivity index is 1.62. The van der Waals surface area contributed by atoms with Crippen molar-refractivity contribution in [3.63, 3.8) is 0 Å². The summed E-state index contributed by atoms with van der Waals surface area (Å²) in [6.07, 6.45) is 0.853.